The molecule has 1 atom stereocenters. The van der Waals surface area contributed by atoms with E-state index >= 15 is 0 Å². The molecule has 1 aromatic carbocycles. The first-order valence-corrected chi connectivity index (χ1v) is 5.92. The molecule has 0 radical (unpaired) electrons. The molecule has 0 saturated carbocycles. The molecular weight excluding hydrogens is 196 g/mol. The van der Waals surface area contributed by atoms with Crippen molar-refractivity contribution in [1.29, 1.82) is 0 Å². The average molecular weight is 216 g/mol. The second-order valence-corrected chi connectivity index (χ2v) is 4.64. The van der Waals surface area contributed by atoms with Crippen LogP contribution in [0.3, 0.4) is 0 Å². The number of hydrogen-bond acceptors (Lipinski definition) is 2. The molecule has 2 rings (SSSR count). The molecule has 0 spiro atoms. The van der Waals surface area contributed by atoms with Crippen LogP contribution in [0.15, 0.2) is 35.9 Å². The molecule has 86 valence electrons. The normalized spacial score (nSPS) is 19.2. The van der Waals surface area contributed by atoms with E-state index in [1.807, 2.05) is 12.1 Å². The van der Waals surface area contributed by atoms with E-state index in [0.29, 0.717) is 6.04 Å². The van der Waals surface area contributed by atoms with Gasteiger partial charge in [0.2, 0.25) is 0 Å². The molecule has 1 aliphatic rings. The molecule has 1 unspecified atom stereocenters. The number of nitrogen functional groups attached to an aromatic ring is 1. The average Bonchev–Trinajstić information content (AvgIpc) is 2.30. The number of hydrogen-bond donors (Lipinski definition) is 1. The van der Waals surface area contributed by atoms with Crippen LogP contribution in [0, 0.1) is 0 Å². The topological polar surface area (TPSA) is 29.3 Å². The molecule has 1 heterocycles. The summed E-state index contributed by atoms with van der Waals surface area (Å²) in [5.41, 5.74) is 9.40. The fourth-order valence-electron chi connectivity index (χ4n) is 2.12. The van der Waals surface area contributed by atoms with Gasteiger partial charge in [0, 0.05) is 24.8 Å². The predicted molar refractivity (Wildman–Crippen MR) is 69.2 cm³/mol. The van der Waals surface area contributed by atoms with Crippen molar-refractivity contribution in [3.63, 3.8) is 0 Å². The third-order valence-corrected chi connectivity index (χ3v) is 3.43. The molecule has 2 N–H and O–H groups in total. The van der Waals surface area contributed by atoms with E-state index in [9.17, 15) is 0 Å². The quantitative estimate of drug-likeness (QED) is 0.608. The summed E-state index contributed by atoms with van der Waals surface area (Å²) in [5, 5.41) is 0. The van der Waals surface area contributed by atoms with Crippen molar-refractivity contribution in [1.82, 2.24) is 4.90 Å². The number of nitrogens with zero attached hydrogens (tertiary/aromatic N) is 1. The lowest BCUT2D eigenvalue weighted by atomic mass is 10.0. The standard InChI is InChI=1S/C14H20N2/c1-11-7-9-16(10-8-11)12(2)13-3-5-14(15)6-4-13/h3-7,12H,8-10,15H2,1-2H3. The molecule has 0 saturated heterocycles. The van der Waals surface area contributed by atoms with Crippen LogP contribution in [0.4, 0.5) is 5.69 Å². The summed E-state index contributed by atoms with van der Waals surface area (Å²) in [7, 11) is 0. The molecule has 1 aromatic rings. The highest BCUT2D eigenvalue weighted by Crippen LogP contribution is 2.24. The van der Waals surface area contributed by atoms with Crippen molar-refractivity contribution in [2.75, 3.05) is 18.8 Å². The molecule has 1 aliphatic heterocycles. The lowest BCUT2D eigenvalue weighted by molar-refractivity contribution is 0.227. The number of anilines is 1. The van der Waals surface area contributed by atoms with Gasteiger partial charge in [0.25, 0.3) is 0 Å². The summed E-state index contributed by atoms with van der Waals surface area (Å²) >= 11 is 0. The third-order valence-electron chi connectivity index (χ3n) is 3.43. The van der Waals surface area contributed by atoms with Gasteiger partial charge in [0.1, 0.15) is 0 Å². The van der Waals surface area contributed by atoms with E-state index in [4.69, 9.17) is 5.73 Å². The SMILES string of the molecule is CC1=CCN(C(C)c2ccc(N)cc2)CC1. The maximum atomic E-state index is 5.70. The molecular formula is C14H20N2. The summed E-state index contributed by atoms with van der Waals surface area (Å²) < 4.78 is 0. The van der Waals surface area contributed by atoms with Crippen molar-refractivity contribution < 1.29 is 0 Å². The van der Waals surface area contributed by atoms with Crippen LogP contribution < -0.4 is 5.73 Å². The molecule has 0 amide bonds. The Hall–Kier alpha value is -1.28. The predicted octanol–water partition coefficient (Wildman–Crippen LogP) is 2.98. The third kappa shape index (κ3) is 2.45. The zero-order valence-corrected chi connectivity index (χ0v) is 10.1. The Morgan fingerprint density at radius 1 is 1.25 bits per heavy atom. The fourth-order valence-corrected chi connectivity index (χ4v) is 2.12. The Bertz CT molecular complexity index is 378. The minimum atomic E-state index is 0.477. The van der Waals surface area contributed by atoms with Crippen LogP contribution in [-0.2, 0) is 0 Å². The summed E-state index contributed by atoms with van der Waals surface area (Å²) in [4.78, 5) is 2.50. The first-order chi connectivity index (χ1) is 7.66. The first kappa shape index (κ1) is 11.2. The molecule has 2 heteroatoms. The Labute approximate surface area is 97.8 Å². The fraction of sp³-hybridized carbons (Fsp3) is 0.429. The molecule has 0 fully saturated rings. The first-order valence-electron chi connectivity index (χ1n) is 5.92. The van der Waals surface area contributed by atoms with Crippen molar-refractivity contribution in [2.45, 2.75) is 26.3 Å². The minimum absolute atomic E-state index is 0.477. The van der Waals surface area contributed by atoms with Crippen LogP contribution in [0.2, 0.25) is 0 Å². The Morgan fingerprint density at radius 2 is 1.94 bits per heavy atom. The maximum Gasteiger partial charge on any atom is 0.0323 e. The zero-order chi connectivity index (χ0) is 11.5. The van der Waals surface area contributed by atoms with Crippen LogP contribution in [-0.4, -0.2) is 18.0 Å². The lowest BCUT2D eigenvalue weighted by Gasteiger charge is -2.31. The number of nitrogens with two attached hydrogens (primary N) is 1. The van der Waals surface area contributed by atoms with E-state index in [0.717, 1.165) is 18.8 Å². The van der Waals surface area contributed by atoms with Crippen molar-refractivity contribution in [3.05, 3.63) is 41.5 Å². The summed E-state index contributed by atoms with van der Waals surface area (Å²) in [6.45, 7) is 6.70. The van der Waals surface area contributed by atoms with Crippen molar-refractivity contribution in [2.24, 2.45) is 0 Å². The van der Waals surface area contributed by atoms with Gasteiger partial charge < -0.3 is 5.73 Å². The van der Waals surface area contributed by atoms with E-state index in [-0.39, 0.29) is 0 Å². The molecule has 16 heavy (non-hydrogen) atoms. The lowest BCUT2D eigenvalue weighted by Crippen LogP contribution is -2.31. The molecule has 0 bridgehead atoms. The van der Waals surface area contributed by atoms with Crippen LogP contribution in [0.1, 0.15) is 31.9 Å². The largest absolute Gasteiger partial charge is 0.399 e. The highest BCUT2D eigenvalue weighted by atomic mass is 15.1. The van der Waals surface area contributed by atoms with Gasteiger partial charge in [-0.1, -0.05) is 23.8 Å². The summed E-state index contributed by atoms with van der Waals surface area (Å²) in [5.74, 6) is 0. The minimum Gasteiger partial charge on any atom is -0.399 e. The Balaban J connectivity index is 2.07. The van der Waals surface area contributed by atoms with Gasteiger partial charge in [-0.05, 0) is 38.0 Å². The van der Waals surface area contributed by atoms with Gasteiger partial charge in [-0.25, -0.2) is 0 Å². The van der Waals surface area contributed by atoms with Crippen molar-refractivity contribution >= 4 is 5.69 Å². The van der Waals surface area contributed by atoms with Crippen LogP contribution in [0.25, 0.3) is 0 Å². The smallest absolute Gasteiger partial charge is 0.0323 e. The highest BCUT2D eigenvalue weighted by molar-refractivity contribution is 5.40. The van der Waals surface area contributed by atoms with Gasteiger partial charge in [-0.15, -0.1) is 0 Å². The van der Waals surface area contributed by atoms with E-state index in [1.165, 1.54) is 17.6 Å². The molecule has 0 aromatic heterocycles. The Kier molecular flexibility index (Phi) is 3.30. The van der Waals surface area contributed by atoms with Gasteiger partial charge in [-0.2, -0.15) is 0 Å². The van der Waals surface area contributed by atoms with Crippen molar-refractivity contribution in [3.8, 4) is 0 Å². The van der Waals surface area contributed by atoms with Crippen LogP contribution in [0.5, 0.6) is 0 Å². The van der Waals surface area contributed by atoms with Gasteiger partial charge in [0.05, 0.1) is 0 Å². The van der Waals surface area contributed by atoms with Gasteiger partial charge in [-0.3, -0.25) is 4.90 Å². The summed E-state index contributed by atoms with van der Waals surface area (Å²) in [6.07, 6.45) is 3.52. The van der Waals surface area contributed by atoms with E-state index in [1.54, 1.807) is 0 Å². The van der Waals surface area contributed by atoms with Crippen LogP contribution >= 0.6 is 0 Å². The Morgan fingerprint density at radius 3 is 2.50 bits per heavy atom. The number of benzene rings is 1. The highest BCUT2D eigenvalue weighted by Gasteiger charge is 2.16. The van der Waals surface area contributed by atoms with Gasteiger partial charge >= 0.3 is 0 Å². The maximum absolute atomic E-state index is 5.70. The second kappa shape index (κ2) is 4.71. The second-order valence-electron chi connectivity index (χ2n) is 4.64. The summed E-state index contributed by atoms with van der Waals surface area (Å²) in [6, 6.07) is 8.70. The number of rotatable bonds is 2. The molecule has 2 nitrogen and oxygen atoms in total. The van der Waals surface area contributed by atoms with Gasteiger partial charge in [0.15, 0.2) is 0 Å². The molecule has 0 aliphatic carbocycles. The van der Waals surface area contributed by atoms with E-state index in [2.05, 4.69) is 37.0 Å². The monoisotopic (exact) mass is 216 g/mol. The van der Waals surface area contributed by atoms with E-state index < -0.39 is 0 Å². The zero-order valence-electron chi connectivity index (χ0n) is 10.1.